The van der Waals surface area contributed by atoms with Gasteiger partial charge in [-0.25, -0.2) is 0 Å². The number of hydrogen-bond donors (Lipinski definition) is 1. The number of rotatable bonds is 4. The van der Waals surface area contributed by atoms with Crippen molar-refractivity contribution >= 4 is 0 Å². The third-order valence-corrected chi connectivity index (χ3v) is 1.90. The van der Waals surface area contributed by atoms with Gasteiger partial charge >= 0.3 is 0 Å². The largest absolute Gasteiger partial charge is 0.636 e. The van der Waals surface area contributed by atoms with Crippen LogP contribution in [-0.4, -0.2) is 44.3 Å². The normalized spacial score (nSPS) is 20.5. The minimum atomic E-state index is 0.692. The van der Waals surface area contributed by atoms with Crippen LogP contribution in [0, 0.1) is 5.21 Å². The van der Waals surface area contributed by atoms with Gasteiger partial charge in [0.05, 0.1) is 19.8 Å². The maximum absolute atomic E-state index is 10.0. The summed E-state index contributed by atoms with van der Waals surface area (Å²) in [7, 11) is 0. The van der Waals surface area contributed by atoms with Crippen LogP contribution in [-0.2, 0) is 4.74 Å². The van der Waals surface area contributed by atoms with Gasteiger partial charge in [-0.05, 0) is 0 Å². The van der Waals surface area contributed by atoms with Crippen LogP contribution in [0.1, 0.15) is 6.42 Å². The van der Waals surface area contributed by atoms with E-state index in [1.54, 1.807) is 0 Å². The van der Waals surface area contributed by atoms with Crippen molar-refractivity contribution in [2.45, 2.75) is 6.42 Å². The van der Waals surface area contributed by atoms with Crippen LogP contribution in [0.15, 0.2) is 0 Å². The first kappa shape index (κ1) is 8.93. The lowest BCUT2D eigenvalue weighted by Gasteiger charge is -2.26. The highest BCUT2D eigenvalue weighted by Gasteiger charge is 2.08. The van der Waals surface area contributed by atoms with Gasteiger partial charge in [0.2, 0.25) is 0 Å². The van der Waals surface area contributed by atoms with Crippen LogP contribution < -0.4 is 5.48 Å². The number of quaternary nitrogens is 1. The highest BCUT2D eigenvalue weighted by molar-refractivity contribution is 4.60. The Balaban J connectivity index is 1.96. The Morgan fingerprint density at radius 3 is 2.73 bits per heavy atom. The minimum Gasteiger partial charge on any atom is -0.636 e. The van der Waals surface area contributed by atoms with Crippen molar-refractivity contribution in [3.63, 3.8) is 0 Å². The molecule has 0 atom stereocenters. The summed E-state index contributed by atoms with van der Waals surface area (Å²) in [6.45, 7) is 5.49. The third-order valence-electron chi connectivity index (χ3n) is 1.90. The molecule has 1 rings (SSSR count). The molecule has 1 fully saturated rings. The molecule has 0 saturated carbocycles. The van der Waals surface area contributed by atoms with E-state index < -0.39 is 0 Å². The summed E-state index contributed by atoms with van der Waals surface area (Å²) >= 11 is 0. The summed E-state index contributed by atoms with van der Waals surface area (Å²) in [5, 5.41) is 10.0. The summed E-state index contributed by atoms with van der Waals surface area (Å²) in [5.41, 5.74) is 0.987. The SMILES string of the molecule is [O-][NH2+]CCCN1CCOCC1. The van der Waals surface area contributed by atoms with Crippen LogP contribution in [0.3, 0.4) is 0 Å². The lowest BCUT2D eigenvalue weighted by molar-refractivity contribution is -0.589. The van der Waals surface area contributed by atoms with Crippen LogP contribution in [0.4, 0.5) is 0 Å². The van der Waals surface area contributed by atoms with E-state index in [1.807, 2.05) is 0 Å². The van der Waals surface area contributed by atoms with Gasteiger partial charge in [0.1, 0.15) is 0 Å². The Morgan fingerprint density at radius 1 is 1.36 bits per heavy atom. The molecule has 0 aromatic heterocycles. The molecule has 0 radical (unpaired) electrons. The van der Waals surface area contributed by atoms with E-state index in [0.29, 0.717) is 6.54 Å². The summed E-state index contributed by atoms with van der Waals surface area (Å²) in [6.07, 6.45) is 0.990. The second-order valence-electron chi connectivity index (χ2n) is 2.76. The van der Waals surface area contributed by atoms with E-state index in [0.717, 1.165) is 44.7 Å². The molecule has 0 aromatic carbocycles. The van der Waals surface area contributed by atoms with Gasteiger partial charge in [-0.3, -0.25) is 4.90 Å². The van der Waals surface area contributed by atoms with Crippen LogP contribution in [0.5, 0.6) is 0 Å². The maximum atomic E-state index is 10.0. The molecule has 2 N–H and O–H groups in total. The fourth-order valence-corrected chi connectivity index (χ4v) is 1.22. The first-order chi connectivity index (χ1) is 5.43. The van der Waals surface area contributed by atoms with Gasteiger partial charge < -0.3 is 15.4 Å². The van der Waals surface area contributed by atoms with Gasteiger partial charge in [-0.2, -0.15) is 0 Å². The summed E-state index contributed by atoms with van der Waals surface area (Å²) in [6, 6.07) is 0. The van der Waals surface area contributed by atoms with Crippen molar-refractivity contribution in [1.29, 1.82) is 0 Å². The van der Waals surface area contributed by atoms with Gasteiger partial charge in [0, 0.05) is 26.1 Å². The molecule has 0 aliphatic carbocycles. The highest BCUT2D eigenvalue weighted by Crippen LogP contribution is 1.96. The van der Waals surface area contributed by atoms with Gasteiger partial charge in [0.15, 0.2) is 0 Å². The predicted octanol–water partition coefficient (Wildman–Crippen LogP) is -1.23. The number of ether oxygens (including phenoxy) is 1. The van der Waals surface area contributed by atoms with Crippen molar-refractivity contribution in [3.05, 3.63) is 5.21 Å². The van der Waals surface area contributed by atoms with Gasteiger partial charge in [-0.15, -0.1) is 0 Å². The molecular formula is C7H16N2O2. The van der Waals surface area contributed by atoms with Crippen LogP contribution in [0.2, 0.25) is 0 Å². The monoisotopic (exact) mass is 160 g/mol. The number of morpholine rings is 1. The smallest absolute Gasteiger partial charge is 0.0765 e. The Labute approximate surface area is 67.1 Å². The molecule has 0 bridgehead atoms. The standard InChI is InChI=1S/C7H16N2O2/c10-8-2-1-3-9-4-6-11-7-5-9/h1-8H2. The van der Waals surface area contributed by atoms with E-state index in [1.165, 1.54) is 0 Å². The Hall–Kier alpha value is -0.160. The minimum absolute atomic E-state index is 0.692. The summed E-state index contributed by atoms with van der Waals surface area (Å²) < 4.78 is 5.19. The predicted molar refractivity (Wildman–Crippen MR) is 42.0 cm³/mol. The number of hydrogen-bond acceptors (Lipinski definition) is 3. The van der Waals surface area contributed by atoms with Crippen molar-refractivity contribution in [1.82, 2.24) is 4.90 Å². The van der Waals surface area contributed by atoms with E-state index in [2.05, 4.69) is 4.90 Å². The number of nitrogens with two attached hydrogens (primary N) is 1. The molecule has 1 heterocycles. The lowest BCUT2D eigenvalue weighted by Crippen LogP contribution is -2.77. The zero-order valence-corrected chi connectivity index (χ0v) is 6.79. The molecule has 4 heteroatoms. The Bertz CT molecular complexity index is 94.4. The van der Waals surface area contributed by atoms with E-state index >= 15 is 0 Å². The first-order valence-corrected chi connectivity index (χ1v) is 4.17. The first-order valence-electron chi connectivity index (χ1n) is 4.17. The molecule has 0 unspecified atom stereocenters. The molecule has 1 aliphatic rings. The molecule has 0 aromatic rings. The van der Waals surface area contributed by atoms with Crippen molar-refractivity contribution < 1.29 is 10.2 Å². The van der Waals surface area contributed by atoms with Crippen molar-refractivity contribution in [2.75, 3.05) is 39.4 Å². The average molecular weight is 160 g/mol. The number of hydroxylamine groups is 1. The Morgan fingerprint density at radius 2 is 2.09 bits per heavy atom. The molecule has 4 nitrogen and oxygen atoms in total. The molecule has 11 heavy (non-hydrogen) atoms. The highest BCUT2D eigenvalue weighted by atomic mass is 16.5. The third kappa shape index (κ3) is 3.67. The summed E-state index contributed by atoms with van der Waals surface area (Å²) in [4.78, 5) is 2.34. The second kappa shape index (κ2) is 5.49. The lowest BCUT2D eigenvalue weighted by atomic mass is 10.3. The average Bonchev–Trinajstić information content (AvgIpc) is 2.07. The molecule has 0 spiro atoms. The van der Waals surface area contributed by atoms with Crippen LogP contribution >= 0.6 is 0 Å². The molecule has 0 amide bonds. The van der Waals surface area contributed by atoms with Gasteiger partial charge in [0.25, 0.3) is 0 Å². The second-order valence-corrected chi connectivity index (χ2v) is 2.76. The van der Waals surface area contributed by atoms with E-state index in [9.17, 15) is 5.21 Å². The molecule has 1 aliphatic heterocycles. The molecule has 1 saturated heterocycles. The van der Waals surface area contributed by atoms with E-state index in [-0.39, 0.29) is 0 Å². The zero-order chi connectivity index (χ0) is 7.94. The maximum Gasteiger partial charge on any atom is 0.0765 e. The fraction of sp³-hybridized carbons (Fsp3) is 1.00. The fourth-order valence-electron chi connectivity index (χ4n) is 1.22. The topological polar surface area (TPSA) is 52.1 Å². The van der Waals surface area contributed by atoms with Crippen molar-refractivity contribution in [3.8, 4) is 0 Å². The quantitative estimate of drug-likeness (QED) is 0.414. The van der Waals surface area contributed by atoms with Gasteiger partial charge in [-0.1, -0.05) is 0 Å². The molecule has 66 valence electrons. The summed E-state index contributed by atoms with van der Waals surface area (Å²) in [5.74, 6) is 0. The van der Waals surface area contributed by atoms with E-state index in [4.69, 9.17) is 4.74 Å². The zero-order valence-electron chi connectivity index (χ0n) is 6.79. The van der Waals surface area contributed by atoms with Crippen molar-refractivity contribution in [2.24, 2.45) is 0 Å². The molecular weight excluding hydrogens is 144 g/mol. The van der Waals surface area contributed by atoms with Crippen LogP contribution in [0.25, 0.3) is 0 Å². The number of nitrogens with zero attached hydrogens (tertiary/aromatic N) is 1. The Kier molecular flexibility index (Phi) is 4.45.